The highest BCUT2D eigenvalue weighted by Crippen LogP contribution is 2.38. The van der Waals surface area contributed by atoms with Crippen LogP contribution < -0.4 is 10.2 Å². The zero-order valence-corrected chi connectivity index (χ0v) is 48.8. The topological polar surface area (TPSA) is 114 Å². The van der Waals surface area contributed by atoms with Gasteiger partial charge in [0.05, 0.1) is 33.8 Å². The van der Waals surface area contributed by atoms with Crippen molar-refractivity contribution in [1.29, 1.82) is 0 Å². The minimum absolute atomic E-state index is 0.0250. The molecule has 0 aliphatic heterocycles. The number of nitrogens with one attached hydrogen (secondary N) is 1. The van der Waals surface area contributed by atoms with Crippen LogP contribution >= 0.6 is 7.82 Å². The summed E-state index contributed by atoms with van der Waals surface area (Å²) in [4.78, 5) is 39.8. The molecule has 0 aliphatic carbocycles. The minimum Gasteiger partial charge on any atom is -0.756 e. The number of phosphoric acid groups is 1. The van der Waals surface area contributed by atoms with Crippen LogP contribution in [0.15, 0.2) is 60.8 Å². The van der Waals surface area contributed by atoms with E-state index in [0.29, 0.717) is 17.4 Å². The van der Waals surface area contributed by atoms with Gasteiger partial charge in [0.1, 0.15) is 19.3 Å². The van der Waals surface area contributed by atoms with Crippen molar-refractivity contribution < 1.29 is 37.3 Å². The average Bonchev–Trinajstić information content (AvgIpc) is 3.34. The van der Waals surface area contributed by atoms with Crippen LogP contribution in [0.2, 0.25) is 0 Å². The number of nitrogens with zero attached hydrogens (tertiary/aromatic N) is 1. The summed E-state index contributed by atoms with van der Waals surface area (Å²) in [5, 5.41) is 3.02. The largest absolute Gasteiger partial charge is 0.756 e. The van der Waals surface area contributed by atoms with Crippen LogP contribution in [0.3, 0.4) is 0 Å². The van der Waals surface area contributed by atoms with E-state index >= 15 is 0 Å². The molecule has 0 bridgehead atoms. The summed E-state index contributed by atoms with van der Waals surface area (Å²) < 4.78 is 30.2. The van der Waals surface area contributed by atoms with E-state index in [9.17, 15) is 19.0 Å². The third kappa shape index (κ3) is 52.6. The summed E-state index contributed by atoms with van der Waals surface area (Å²) in [6.07, 6.45) is 64.7. The lowest BCUT2D eigenvalue weighted by Crippen LogP contribution is -2.47. The number of amides is 1. The van der Waals surface area contributed by atoms with Gasteiger partial charge in [-0.25, -0.2) is 0 Å². The number of esters is 1. The SMILES string of the molecule is CCCCC/C=C\C/C=C\C/C=C\C/C=C\CCCCCCCCCC(=O)NC(COP(=O)([O-])OCC[N+](C)(C)C)C(/C=C\CCCCCCCCCCCC)OC(=O)CCCCCCCCCCCCC. The first-order valence-corrected chi connectivity index (χ1v) is 31.6. The van der Waals surface area contributed by atoms with Crippen molar-refractivity contribution in [1.82, 2.24) is 5.32 Å². The van der Waals surface area contributed by atoms with Gasteiger partial charge in [0.25, 0.3) is 7.82 Å². The Hall–Kier alpha value is -2.29. The normalized spacial score (nSPS) is 14.2. The fourth-order valence-electron chi connectivity index (χ4n) is 8.51. The molecule has 10 heteroatoms. The van der Waals surface area contributed by atoms with Crippen molar-refractivity contribution in [2.75, 3.05) is 40.9 Å². The van der Waals surface area contributed by atoms with Crippen molar-refractivity contribution in [3.05, 3.63) is 60.8 Å². The molecule has 9 nitrogen and oxygen atoms in total. The number of rotatable bonds is 54. The van der Waals surface area contributed by atoms with E-state index in [1.807, 2.05) is 33.3 Å². The fraction of sp³-hybridized carbons (Fsp3) is 0.806. The summed E-state index contributed by atoms with van der Waals surface area (Å²) in [6, 6.07) is -0.892. The number of unbranched alkanes of at least 4 members (excludes halogenated alkanes) is 30. The van der Waals surface area contributed by atoms with Gasteiger partial charge in [-0.15, -0.1) is 0 Å². The second-order valence-corrected chi connectivity index (χ2v) is 22.9. The summed E-state index contributed by atoms with van der Waals surface area (Å²) >= 11 is 0. The molecule has 3 unspecified atom stereocenters. The molecule has 0 fully saturated rings. The Kier molecular flexibility index (Phi) is 50.5. The van der Waals surface area contributed by atoms with Gasteiger partial charge < -0.3 is 28.5 Å². The lowest BCUT2D eigenvalue weighted by molar-refractivity contribution is -0.870. The van der Waals surface area contributed by atoms with E-state index in [1.165, 1.54) is 148 Å². The third-order valence-electron chi connectivity index (χ3n) is 13.2. The molecular formula is C62H115N2O7P. The monoisotopic (exact) mass is 1030 g/mol. The fourth-order valence-corrected chi connectivity index (χ4v) is 9.23. The minimum atomic E-state index is -4.70. The molecule has 0 aromatic carbocycles. The molecule has 72 heavy (non-hydrogen) atoms. The van der Waals surface area contributed by atoms with Crippen LogP contribution in [0, 0.1) is 0 Å². The quantitative estimate of drug-likeness (QED) is 0.0212. The maximum atomic E-state index is 13.5. The van der Waals surface area contributed by atoms with Gasteiger partial charge in [-0.05, 0) is 76.7 Å². The molecule has 0 heterocycles. The Bertz CT molecular complexity index is 1420. The van der Waals surface area contributed by atoms with Gasteiger partial charge in [-0.2, -0.15) is 0 Å². The zero-order valence-electron chi connectivity index (χ0n) is 47.9. The van der Waals surface area contributed by atoms with Crippen LogP contribution in [0.4, 0.5) is 0 Å². The van der Waals surface area contributed by atoms with Crippen LogP contribution in [-0.2, 0) is 27.9 Å². The number of likely N-dealkylation sites (N-methyl/N-ethyl adjacent to an activating group) is 1. The summed E-state index contributed by atoms with van der Waals surface area (Å²) in [7, 11) is 1.18. The summed E-state index contributed by atoms with van der Waals surface area (Å²) in [5.74, 6) is -0.550. The van der Waals surface area contributed by atoms with Gasteiger partial charge >= 0.3 is 5.97 Å². The van der Waals surface area contributed by atoms with Gasteiger partial charge in [0.2, 0.25) is 5.91 Å². The molecule has 3 atom stereocenters. The molecule has 1 amide bonds. The number of ether oxygens (including phenoxy) is 1. The number of phosphoric ester groups is 1. The predicted molar refractivity (Wildman–Crippen MR) is 307 cm³/mol. The third-order valence-corrected chi connectivity index (χ3v) is 14.2. The number of allylic oxidation sites excluding steroid dienone is 9. The van der Waals surface area contributed by atoms with Crippen molar-refractivity contribution in [3.63, 3.8) is 0 Å². The average molecular weight is 1030 g/mol. The first kappa shape index (κ1) is 69.7. The highest BCUT2D eigenvalue weighted by molar-refractivity contribution is 7.45. The van der Waals surface area contributed by atoms with Crippen molar-refractivity contribution >= 4 is 19.7 Å². The van der Waals surface area contributed by atoms with Crippen molar-refractivity contribution in [2.45, 2.75) is 283 Å². The van der Waals surface area contributed by atoms with Crippen molar-refractivity contribution in [3.8, 4) is 0 Å². The van der Waals surface area contributed by atoms with Gasteiger partial charge in [0.15, 0.2) is 0 Å². The van der Waals surface area contributed by atoms with Gasteiger partial charge in [-0.3, -0.25) is 14.2 Å². The second-order valence-electron chi connectivity index (χ2n) is 21.5. The molecule has 0 radical (unpaired) electrons. The van der Waals surface area contributed by atoms with E-state index in [-0.39, 0.29) is 24.9 Å². The first-order chi connectivity index (χ1) is 34.9. The highest BCUT2D eigenvalue weighted by atomic mass is 31.2. The maximum Gasteiger partial charge on any atom is 0.306 e. The number of hydrogen-bond acceptors (Lipinski definition) is 7. The van der Waals surface area contributed by atoms with E-state index in [0.717, 1.165) is 89.9 Å². The highest BCUT2D eigenvalue weighted by Gasteiger charge is 2.27. The molecule has 420 valence electrons. The van der Waals surface area contributed by atoms with Gasteiger partial charge in [-0.1, -0.05) is 242 Å². The van der Waals surface area contributed by atoms with E-state index in [4.69, 9.17) is 13.8 Å². The summed E-state index contributed by atoms with van der Waals surface area (Å²) in [6.45, 7) is 6.80. The lowest BCUT2D eigenvalue weighted by atomic mass is 10.0. The van der Waals surface area contributed by atoms with E-state index < -0.39 is 26.6 Å². The zero-order chi connectivity index (χ0) is 52.9. The molecule has 1 N–H and O–H groups in total. The predicted octanol–water partition coefficient (Wildman–Crippen LogP) is 17.6. The first-order valence-electron chi connectivity index (χ1n) is 30.1. The lowest BCUT2D eigenvalue weighted by Gasteiger charge is -2.30. The number of hydrogen-bond donors (Lipinski definition) is 1. The van der Waals surface area contributed by atoms with Crippen LogP contribution in [0.1, 0.15) is 271 Å². The Balaban J connectivity index is 5.20. The molecular weight excluding hydrogens is 916 g/mol. The molecule has 0 saturated carbocycles. The van der Waals surface area contributed by atoms with Crippen LogP contribution in [0.5, 0.6) is 0 Å². The van der Waals surface area contributed by atoms with E-state index in [2.05, 4.69) is 74.7 Å². The number of carbonyl (C=O) groups is 2. The molecule has 0 rings (SSSR count). The second kappa shape index (κ2) is 52.2. The number of quaternary nitrogens is 1. The molecule has 0 aliphatic rings. The smallest absolute Gasteiger partial charge is 0.306 e. The van der Waals surface area contributed by atoms with Crippen LogP contribution in [-0.4, -0.2) is 69.4 Å². The molecule has 0 spiro atoms. The Morgan fingerprint density at radius 2 is 0.847 bits per heavy atom. The van der Waals surface area contributed by atoms with Crippen molar-refractivity contribution in [2.24, 2.45) is 0 Å². The van der Waals surface area contributed by atoms with Gasteiger partial charge in [0, 0.05) is 12.8 Å². The van der Waals surface area contributed by atoms with Crippen LogP contribution in [0.25, 0.3) is 0 Å². The Labute approximate surface area is 445 Å². The Morgan fingerprint density at radius 1 is 0.486 bits per heavy atom. The standard InChI is InChI=1S/C62H115N2O7P/c1-7-10-13-16-19-22-25-27-28-29-30-31-32-33-34-35-36-37-40-42-45-48-51-54-61(65)63-59(58-70-72(67,68)69-57-56-64(4,5)6)60(53-50-47-44-41-39-26-23-20-17-14-11-8-2)71-62(66)55-52-49-46-43-38-24-21-18-15-12-9-3/h19,22,27-28,30-31,33-34,50,53,59-60H,7-18,20-21,23-26,29,32,35-49,51-52,54-58H2,1-6H3,(H-,63,65,67,68)/b22-19-,28-27-,31-30-,34-33-,53-50-. The molecule has 0 aromatic heterocycles. The van der Waals surface area contributed by atoms with E-state index in [1.54, 1.807) is 0 Å². The number of carbonyl (C=O) groups excluding carboxylic acids is 2. The Morgan fingerprint density at radius 3 is 1.29 bits per heavy atom. The molecule has 0 saturated heterocycles. The maximum absolute atomic E-state index is 13.5. The molecule has 0 aromatic rings. The summed E-state index contributed by atoms with van der Waals surface area (Å²) in [5.41, 5.74) is 0.